The van der Waals surface area contributed by atoms with Crippen molar-refractivity contribution in [2.24, 2.45) is 5.92 Å². The van der Waals surface area contributed by atoms with Gasteiger partial charge in [-0.2, -0.15) is 0 Å². The van der Waals surface area contributed by atoms with Crippen LogP contribution < -0.4 is 10.6 Å². The van der Waals surface area contributed by atoms with Crippen LogP contribution in [0.2, 0.25) is 0 Å². The number of amides is 4. The van der Waals surface area contributed by atoms with Gasteiger partial charge in [-0.1, -0.05) is 60.1 Å². The Kier molecular flexibility index (Phi) is 6.02. The number of hydrogen-bond acceptors (Lipinski definition) is 3. The van der Waals surface area contributed by atoms with E-state index in [9.17, 15) is 18.8 Å². The molecule has 152 valence electrons. The smallest absolute Gasteiger partial charge is 0.322 e. The summed E-state index contributed by atoms with van der Waals surface area (Å²) in [5.74, 6) is -1.66. The number of hydrogen-bond donors (Lipinski definition) is 2. The molecular formula is C21H21BrFN3O3. The third-order valence-corrected chi connectivity index (χ3v) is 5.16. The van der Waals surface area contributed by atoms with Gasteiger partial charge in [-0.3, -0.25) is 14.5 Å². The van der Waals surface area contributed by atoms with Crippen LogP contribution in [0.3, 0.4) is 0 Å². The quantitative estimate of drug-likeness (QED) is 0.637. The van der Waals surface area contributed by atoms with E-state index in [-0.39, 0.29) is 11.6 Å². The molecule has 1 aliphatic heterocycles. The lowest BCUT2D eigenvalue weighted by atomic mass is 9.82. The fraction of sp³-hybridized carbons (Fsp3) is 0.286. The third-order valence-electron chi connectivity index (χ3n) is 4.66. The molecule has 1 heterocycles. The van der Waals surface area contributed by atoms with Crippen molar-refractivity contribution in [3.05, 3.63) is 64.4 Å². The number of carbonyl (C=O) groups is 3. The molecule has 4 amide bonds. The first-order valence-corrected chi connectivity index (χ1v) is 9.97. The Bertz CT molecular complexity index is 951. The van der Waals surface area contributed by atoms with Crippen LogP contribution in [0.4, 0.5) is 14.9 Å². The number of carbonyl (C=O) groups excluding carboxylic acids is 3. The minimum Gasteiger partial charge on any atom is -0.322 e. The van der Waals surface area contributed by atoms with Crippen LogP contribution in [-0.2, 0) is 15.1 Å². The van der Waals surface area contributed by atoms with Gasteiger partial charge in [-0.15, -0.1) is 0 Å². The number of imide groups is 1. The predicted octanol–water partition coefficient (Wildman–Crippen LogP) is 4.02. The molecule has 0 spiro atoms. The summed E-state index contributed by atoms with van der Waals surface area (Å²) in [5.41, 5.74) is -0.592. The molecule has 0 aliphatic carbocycles. The molecule has 1 atom stereocenters. The molecule has 29 heavy (non-hydrogen) atoms. The van der Waals surface area contributed by atoms with Gasteiger partial charge in [0.05, 0.1) is 5.69 Å². The molecule has 6 nitrogen and oxygen atoms in total. The van der Waals surface area contributed by atoms with Crippen molar-refractivity contribution in [1.29, 1.82) is 0 Å². The molecule has 0 aromatic heterocycles. The van der Waals surface area contributed by atoms with Crippen molar-refractivity contribution in [2.75, 3.05) is 11.9 Å². The first-order chi connectivity index (χ1) is 13.7. The molecule has 8 heteroatoms. The molecule has 3 rings (SSSR count). The van der Waals surface area contributed by atoms with Crippen LogP contribution in [-0.4, -0.2) is 29.3 Å². The van der Waals surface area contributed by atoms with Crippen LogP contribution in [0.15, 0.2) is 53.0 Å². The lowest BCUT2D eigenvalue weighted by Crippen LogP contribution is -2.45. The number of nitrogens with one attached hydrogen (secondary N) is 2. The Morgan fingerprint density at radius 3 is 2.52 bits per heavy atom. The Hall–Kier alpha value is -2.74. The van der Waals surface area contributed by atoms with Gasteiger partial charge in [0.2, 0.25) is 5.91 Å². The highest BCUT2D eigenvalue weighted by Crippen LogP contribution is 2.35. The van der Waals surface area contributed by atoms with E-state index in [1.165, 1.54) is 12.1 Å². The van der Waals surface area contributed by atoms with Gasteiger partial charge in [-0.05, 0) is 36.1 Å². The monoisotopic (exact) mass is 461 g/mol. The molecule has 0 unspecified atom stereocenters. The molecule has 1 fully saturated rings. The van der Waals surface area contributed by atoms with Gasteiger partial charge in [0.1, 0.15) is 17.9 Å². The average Bonchev–Trinajstić information content (AvgIpc) is 2.89. The first-order valence-electron chi connectivity index (χ1n) is 9.17. The molecule has 2 aromatic rings. The lowest BCUT2D eigenvalue weighted by Gasteiger charge is -2.29. The number of nitrogens with zero attached hydrogens (tertiary/aromatic N) is 1. The number of urea groups is 1. The van der Waals surface area contributed by atoms with E-state index >= 15 is 0 Å². The van der Waals surface area contributed by atoms with Crippen molar-refractivity contribution in [1.82, 2.24) is 10.2 Å². The molecule has 1 aliphatic rings. The summed E-state index contributed by atoms with van der Waals surface area (Å²) >= 11 is 3.14. The minimum absolute atomic E-state index is 0.0262. The molecule has 0 radical (unpaired) electrons. The van der Waals surface area contributed by atoms with E-state index in [4.69, 9.17) is 0 Å². The standard InChI is InChI=1S/C21H21BrFN3O3/c1-13(2)11-21(14-6-4-3-5-7-14)19(28)26(20(29)25-21)12-18(27)24-17-9-8-15(22)10-16(17)23/h3-10,13H,11-12H2,1-2H3,(H,24,27)(H,25,29)/t21-/m1/s1. The summed E-state index contributed by atoms with van der Waals surface area (Å²) in [6.07, 6.45) is 0.390. The van der Waals surface area contributed by atoms with E-state index in [1.807, 2.05) is 19.9 Å². The third kappa shape index (κ3) is 4.32. The lowest BCUT2D eigenvalue weighted by molar-refractivity contribution is -0.134. The summed E-state index contributed by atoms with van der Waals surface area (Å²) < 4.78 is 14.5. The highest BCUT2D eigenvalue weighted by molar-refractivity contribution is 9.10. The number of rotatable bonds is 6. The number of benzene rings is 2. The molecule has 0 saturated carbocycles. The topological polar surface area (TPSA) is 78.5 Å². The van der Waals surface area contributed by atoms with Crippen molar-refractivity contribution in [3.8, 4) is 0 Å². The van der Waals surface area contributed by atoms with Gasteiger partial charge in [0, 0.05) is 4.47 Å². The van der Waals surface area contributed by atoms with E-state index in [2.05, 4.69) is 26.6 Å². The van der Waals surface area contributed by atoms with Crippen LogP contribution in [0.1, 0.15) is 25.8 Å². The van der Waals surface area contributed by atoms with Gasteiger partial charge in [-0.25, -0.2) is 9.18 Å². The maximum absolute atomic E-state index is 14.0. The summed E-state index contributed by atoms with van der Waals surface area (Å²) in [6.45, 7) is 3.40. The van der Waals surface area contributed by atoms with Gasteiger partial charge in [0.15, 0.2) is 0 Å². The fourth-order valence-corrected chi connectivity index (χ4v) is 3.81. The number of halogens is 2. The molecule has 2 aromatic carbocycles. The average molecular weight is 462 g/mol. The Labute approximate surface area is 176 Å². The zero-order valence-electron chi connectivity index (χ0n) is 16.0. The largest absolute Gasteiger partial charge is 0.325 e. The molecular weight excluding hydrogens is 441 g/mol. The van der Waals surface area contributed by atoms with E-state index in [0.717, 1.165) is 4.90 Å². The van der Waals surface area contributed by atoms with Crippen molar-refractivity contribution in [3.63, 3.8) is 0 Å². The van der Waals surface area contributed by atoms with Gasteiger partial charge >= 0.3 is 6.03 Å². The summed E-state index contributed by atoms with van der Waals surface area (Å²) in [5, 5.41) is 5.18. The minimum atomic E-state index is -1.23. The zero-order valence-corrected chi connectivity index (χ0v) is 17.6. The van der Waals surface area contributed by atoms with Gasteiger partial charge in [0.25, 0.3) is 5.91 Å². The van der Waals surface area contributed by atoms with Crippen LogP contribution in [0.5, 0.6) is 0 Å². The maximum atomic E-state index is 14.0. The Morgan fingerprint density at radius 1 is 1.21 bits per heavy atom. The first kappa shape index (κ1) is 21.0. The van der Waals surface area contributed by atoms with Crippen LogP contribution in [0, 0.1) is 11.7 Å². The highest BCUT2D eigenvalue weighted by Gasteiger charge is 2.52. The van der Waals surface area contributed by atoms with E-state index < -0.39 is 35.7 Å². The second kappa shape index (κ2) is 8.32. The SMILES string of the molecule is CC(C)C[C@]1(c2ccccc2)NC(=O)N(CC(=O)Nc2ccc(Br)cc2F)C1=O. The second-order valence-electron chi connectivity index (χ2n) is 7.36. The second-order valence-corrected chi connectivity index (χ2v) is 8.28. The summed E-state index contributed by atoms with van der Waals surface area (Å²) in [7, 11) is 0. The van der Waals surface area contributed by atoms with Gasteiger partial charge < -0.3 is 10.6 Å². The van der Waals surface area contributed by atoms with E-state index in [1.54, 1.807) is 30.3 Å². The van der Waals surface area contributed by atoms with Crippen LogP contribution >= 0.6 is 15.9 Å². The molecule has 1 saturated heterocycles. The van der Waals surface area contributed by atoms with Crippen molar-refractivity contribution in [2.45, 2.75) is 25.8 Å². The fourth-order valence-electron chi connectivity index (χ4n) is 3.48. The van der Waals surface area contributed by atoms with Crippen molar-refractivity contribution < 1.29 is 18.8 Å². The van der Waals surface area contributed by atoms with Crippen molar-refractivity contribution >= 4 is 39.5 Å². The zero-order chi connectivity index (χ0) is 21.2. The summed E-state index contributed by atoms with van der Waals surface area (Å²) in [6, 6.07) is 12.5. The predicted molar refractivity (Wildman–Crippen MR) is 111 cm³/mol. The Morgan fingerprint density at radius 2 is 1.90 bits per heavy atom. The number of anilines is 1. The normalized spacial score (nSPS) is 18.9. The summed E-state index contributed by atoms with van der Waals surface area (Å²) in [4.78, 5) is 39.1. The highest BCUT2D eigenvalue weighted by atomic mass is 79.9. The molecule has 0 bridgehead atoms. The van der Waals surface area contributed by atoms with Crippen LogP contribution in [0.25, 0.3) is 0 Å². The van der Waals surface area contributed by atoms with E-state index in [0.29, 0.717) is 16.5 Å². The Balaban J connectivity index is 1.82. The maximum Gasteiger partial charge on any atom is 0.325 e. The molecule has 2 N–H and O–H groups in total.